The minimum Gasteiger partial charge on any atom is -0.466 e. The van der Waals surface area contributed by atoms with Gasteiger partial charge in [0.2, 0.25) is 0 Å². The van der Waals surface area contributed by atoms with Gasteiger partial charge < -0.3 is 9.47 Å². The molecular formula is C16H29BrO3. The van der Waals surface area contributed by atoms with Gasteiger partial charge in [0.15, 0.2) is 0 Å². The Morgan fingerprint density at radius 1 is 1.30 bits per heavy atom. The topological polar surface area (TPSA) is 35.5 Å². The van der Waals surface area contributed by atoms with Crippen molar-refractivity contribution in [1.82, 2.24) is 0 Å². The molecule has 3 nitrogen and oxygen atoms in total. The molecule has 0 saturated heterocycles. The number of esters is 1. The first kappa shape index (κ1) is 18.0. The number of rotatable bonds is 9. The molecule has 1 fully saturated rings. The van der Waals surface area contributed by atoms with E-state index in [9.17, 15) is 4.79 Å². The molecule has 0 bridgehead atoms. The third-order valence-corrected chi connectivity index (χ3v) is 5.10. The lowest BCUT2D eigenvalue weighted by Gasteiger charge is -2.20. The van der Waals surface area contributed by atoms with Crippen LogP contribution in [0.25, 0.3) is 0 Å². The highest BCUT2D eigenvalue weighted by atomic mass is 79.9. The highest BCUT2D eigenvalue weighted by molar-refractivity contribution is 9.09. The molecule has 1 aliphatic rings. The van der Waals surface area contributed by atoms with Crippen LogP contribution in [0.4, 0.5) is 0 Å². The van der Waals surface area contributed by atoms with Crippen LogP contribution >= 0.6 is 15.9 Å². The van der Waals surface area contributed by atoms with E-state index in [2.05, 4.69) is 29.8 Å². The zero-order chi connectivity index (χ0) is 15.0. The number of carbonyl (C=O) groups excluding carboxylic acids is 1. The minimum absolute atomic E-state index is 0.0000401. The molecule has 20 heavy (non-hydrogen) atoms. The highest BCUT2D eigenvalue weighted by Gasteiger charge is 2.38. The Labute approximate surface area is 131 Å². The third-order valence-electron chi connectivity index (χ3n) is 4.14. The van der Waals surface area contributed by atoms with E-state index in [1.54, 1.807) is 0 Å². The van der Waals surface area contributed by atoms with Gasteiger partial charge >= 0.3 is 5.97 Å². The number of halogens is 1. The summed E-state index contributed by atoms with van der Waals surface area (Å²) in [5, 5.41) is 0. The van der Waals surface area contributed by atoms with Gasteiger partial charge in [0.05, 0.1) is 18.6 Å². The van der Waals surface area contributed by atoms with Crippen molar-refractivity contribution in [3.63, 3.8) is 0 Å². The van der Waals surface area contributed by atoms with E-state index in [1.165, 1.54) is 25.7 Å². The van der Waals surface area contributed by atoms with Gasteiger partial charge in [0.25, 0.3) is 0 Å². The van der Waals surface area contributed by atoms with E-state index < -0.39 is 0 Å². The normalized spacial score (nSPS) is 27.5. The van der Waals surface area contributed by atoms with E-state index in [4.69, 9.17) is 9.47 Å². The Morgan fingerprint density at radius 3 is 2.65 bits per heavy atom. The van der Waals surface area contributed by atoms with Crippen LogP contribution in [0.2, 0.25) is 0 Å². The average molecular weight is 349 g/mol. The van der Waals surface area contributed by atoms with Gasteiger partial charge in [0, 0.05) is 11.4 Å². The predicted molar refractivity (Wildman–Crippen MR) is 85.1 cm³/mol. The molecular weight excluding hydrogens is 320 g/mol. The number of carbonyl (C=O) groups is 1. The molecule has 1 aliphatic carbocycles. The smallest absolute Gasteiger partial charge is 0.309 e. The van der Waals surface area contributed by atoms with Crippen LogP contribution < -0.4 is 0 Å². The lowest BCUT2D eigenvalue weighted by atomic mass is 10.0. The van der Waals surface area contributed by atoms with Crippen molar-refractivity contribution in [2.24, 2.45) is 11.8 Å². The molecule has 0 aliphatic heterocycles. The first-order chi connectivity index (χ1) is 9.62. The van der Waals surface area contributed by atoms with Gasteiger partial charge in [0.1, 0.15) is 0 Å². The summed E-state index contributed by atoms with van der Waals surface area (Å²) in [5.74, 6) is 0.581. The third kappa shape index (κ3) is 5.72. The van der Waals surface area contributed by atoms with Crippen LogP contribution in [0.3, 0.4) is 0 Å². The van der Waals surface area contributed by atoms with Gasteiger partial charge in [-0.3, -0.25) is 4.79 Å². The molecule has 0 spiro atoms. The molecule has 0 aromatic rings. The molecule has 0 amide bonds. The van der Waals surface area contributed by atoms with Crippen LogP contribution in [-0.2, 0) is 14.3 Å². The molecule has 118 valence electrons. The van der Waals surface area contributed by atoms with Crippen molar-refractivity contribution >= 4 is 21.9 Å². The second-order valence-electron chi connectivity index (χ2n) is 5.72. The van der Waals surface area contributed by atoms with Crippen molar-refractivity contribution in [3.8, 4) is 0 Å². The summed E-state index contributed by atoms with van der Waals surface area (Å²) in [5.41, 5.74) is 0. The second kappa shape index (κ2) is 9.78. The Kier molecular flexibility index (Phi) is 8.78. The number of ether oxygens (including phenoxy) is 2. The fourth-order valence-electron chi connectivity index (χ4n) is 2.73. The number of hydrogen-bond acceptors (Lipinski definition) is 3. The van der Waals surface area contributed by atoms with E-state index in [1.807, 2.05) is 6.92 Å². The Balaban J connectivity index is 2.34. The summed E-state index contributed by atoms with van der Waals surface area (Å²) in [6, 6.07) is 0. The second-order valence-corrected chi connectivity index (χ2v) is 6.90. The minimum atomic E-state index is -0.0684. The van der Waals surface area contributed by atoms with Gasteiger partial charge in [-0.25, -0.2) is 0 Å². The molecule has 1 saturated carbocycles. The van der Waals surface area contributed by atoms with E-state index in [0.29, 0.717) is 12.5 Å². The molecule has 0 N–H and O–H groups in total. The maximum absolute atomic E-state index is 11.8. The molecule has 1 rings (SSSR count). The van der Waals surface area contributed by atoms with Crippen LogP contribution in [0.1, 0.15) is 59.3 Å². The SMILES string of the molecule is CCCCC(CC)COC1CC(C(=O)OCC)CC1Br. The molecule has 0 radical (unpaired) electrons. The maximum atomic E-state index is 11.8. The van der Waals surface area contributed by atoms with Crippen LogP contribution in [0.15, 0.2) is 0 Å². The quantitative estimate of drug-likeness (QED) is 0.459. The standard InChI is InChI=1S/C16H29BrO3/c1-4-7-8-12(5-2)11-20-15-10-13(9-14(15)17)16(18)19-6-3/h12-15H,4-11H2,1-3H3. The molecule has 4 heteroatoms. The number of unbranched alkanes of at least 4 members (excludes halogenated alkanes) is 1. The maximum Gasteiger partial charge on any atom is 0.309 e. The van der Waals surface area contributed by atoms with E-state index >= 15 is 0 Å². The van der Waals surface area contributed by atoms with Crippen molar-refractivity contribution in [1.29, 1.82) is 0 Å². The van der Waals surface area contributed by atoms with Gasteiger partial charge in [-0.05, 0) is 32.1 Å². The number of hydrogen-bond donors (Lipinski definition) is 0. The van der Waals surface area contributed by atoms with Crippen molar-refractivity contribution in [2.75, 3.05) is 13.2 Å². The summed E-state index contributed by atoms with van der Waals surface area (Å²) in [7, 11) is 0. The highest BCUT2D eigenvalue weighted by Crippen LogP contribution is 2.34. The zero-order valence-electron chi connectivity index (χ0n) is 13.1. The van der Waals surface area contributed by atoms with Gasteiger partial charge in [-0.1, -0.05) is 49.0 Å². The summed E-state index contributed by atoms with van der Waals surface area (Å²) in [6.07, 6.45) is 6.70. The largest absolute Gasteiger partial charge is 0.466 e. The monoisotopic (exact) mass is 348 g/mol. The fraction of sp³-hybridized carbons (Fsp3) is 0.938. The molecule has 4 unspecified atom stereocenters. The summed E-state index contributed by atoms with van der Waals surface area (Å²) < 4.78 is 11.2. The van der Waals surface area contributed by atoms with Crippen molar-refractivity contribution in [2.45, 2.75) is 70.2 Å². The summed E-state index contributed by atoms with van der Waals surface area (Å²) >= 11 is 3.66. The van der Waals surface area contributed by atoms with Gasteiger partial charge in [-0.15, -0.1) is 0 Å². The summed E-state index contributed by atoms with van der Waals surface area (Å²) in [4.78, 5) is 12.1. The molecule has 0 heterocycles. The average Bonchev–Trinajstić information content (AvgIpc) is 2.81. The number of alkyl halides is 1. The lowest BCUT2D eigenvalue weighted by molar-refractivity contribution is -0.148. The predicted octanol–water partition coefficient (Wildman–Crippen LogP) is 4.32. The fourth-order valence-corrected chi connectivity index (χ4v) is 3.55. The summed E-state index contributed by atoms with van der Waals surface area (Å²) in [6.45, 7) is 7.59. The molecule has 0 aromatic heterocycles. The van der Waals surface area contributed by atoms with Crippen molar-refractivity contribution < 1.29 is 14.3 Å². The molecule has 0 aromatic carbocycles. The lowest BCUT2D eigenvalue weighted by Crippen LogP contribution is -2.22. The first-order valence-corrected chi connectivity index (χ1v) is 8.96. The van der Waals surface area contributed by atoms with Gasteiger partial charge in [-0.2, -0.15) is 0 Å². The Bertz CT molecular complexity index is 283. The Morgan fingerprint density at radius 2 is 2.05 bits per heavy atom. The molecule has 4 atom stereocenters. The first-order valence-electron chi connectivity index (χ1n) is 8.04. The Hall–Kier alpha value is -0.0900. The zero-order valence-corrected chi connectivity index (χ0v) is 14.7. The van der Waals surface area contributed by atoms with Crippen LogP contribution in [0.5, 0.6) is 0 Å². The van der Waals surface area contributed by atoms with Crippen LogP contribution in [0, 0.1) is 11.8 Å². The van der Waals surface area contributed by atoms with Crippen LogP contribution in [-0.4, -0.2) is 30.1 Å². The van der Waals surface area contributed by atoms with E-state index in [0.717, 1.165) is 19.4 Å². The van der Waals surface area contributed by atoms with E-state index in [-0.39, 0.29) is 22.8 Å². The van der Waals surface area contributed by atoms with Crippen molar-refractivity contribution in [3.05, 3.63) is 0 Å².